The molecule has 2 aromatic rings. The van der Waals surface area contributed by atoms with Gasteiger partial charge < -0.3 is 0 Å². The fourth-order valence-corrected chi connectivity index (χ4v) is 2.62. The molecule has 0 saturated carbocycles. The van der Waals surface area contributed by atoms with E-state index in [1.807, 2.05) is 12.1 Å². The Morgan fingerprint density at radius 3 is 2.35 bits per heavy atom. The van der Waals surface area contributed by atoms with Gasteiger partial charge in [-0.25, -0.2) is 0 Å². The van der Waals surface area contributed by atoms with Gasteiger partial charge in [-0.05, 0) is 36.0 Å². The first-order valence-electron chi connectivity index (χ1n) is 7.36. The summed E-state index contributed by atoms with van der Waals surface area (Å²) in [5.74, 6) is -0.00189. The van der Waals surface area contributed by atoms with Crippen LogP contribution < -0.4 is 0 Å². The molecular formula is C19H21N. The number of benzene rings is 2. The van der Waals surface area contributed by atoms with E-state index in [1.165, 1.54) is 16.7 Å². The maximum Gasteiger partial charge on any atom is 0.0718 e. The minimum absolute atomic E-state index is 0.00189. The van der Waals surface area contributed by atoms with Gasteiger partial charge in [-0.3, -0.25) is 0 Å². The van der Waals surface area contributed by atoms with E-state index < -0.39 is 0 Å². The summed E-state index contributed by atoms with van der Waals surface area (Å²) >= 11 is 0. The van der Waals surface area contributed by atoms with Crippen LogP contribution in [0.5, 0.6) is 0 Å². The van der Waals surface area contributed by atoms with Crippen molar-refractivity contribution in [3.63, 3.8) is 0 Å². The second-order valence-electron chi connectivity index (χ2n) is 5.15. The standard InChI is InChI=1S/C19H21N/c1-2-8-17-11-6-7-12-19(17)18(15-20)14-13-16-9-4-3-5-10-16/h3-7,9-12,18H,2,8,13-14H2,1H3. The predicted octanol–water partition coefficient (Wildman–Crippen LogP) is 4.88. The van der Waals surface area contributed by atoms with Crippen LogP contribution >= 0.6 is 0 Å². The van der Waals surface area contributed by atoms with Crippen molar-refractivity contribution in [2.75, 3.05) is 0 Å². The molecule has 0 aliphatic carbocycles. The first-order valence-corrected chi connectivity index (χ1v) is 7.36. The third-order valence-corrected chi connectivity index (χ3v) is 3.67. The largest absolute Gasteiger partial charge is 0.198 e. The molecule has 0 amide bonds. The summed E-state index contributed by atoms with van der Waals surface area (Å²) in [7, 11) is 0. The Morgan fingerprint density at radius 2 is 1.65 bits per heavy atom. The Morgan fingerprint density at radius 1 is 0.950 bits per heavy atom. The van der Waals surface area contributed by atoms with Gasteiger partial charge >= 0.3 is 0 Å². The molecule has 0 fully saturated rings. The van der Waals surface area contributed by atoms with Crippen molar-refractivity contribution >= 4 is 0 Å². The lowest BCUT2D eigenvalue weighted by atomic mass is 9.89. The van der Waals surface area contributed by atoms with Crippen LogP contribution in [-0.4, -0.2) is 0 Å². The Balaban J connectivity index is 2.11. The van der Waals surface area contributed by atoms with Gasteiger partial charge in [0.25, 0.3) is 0 Å². The van der Waals surface area contributed by atoms with Crippen molar-refractivity contribution in [3.05, 3.63) is 71.3 Å². The summed E-state index contributed by atoms with van der Waals surface area (Å²) in [5.41, 5.74) is 3.85. The molecule has 0 aromatic heterocycles. The Kier molecular flexibility index (Phi) is 5.38. The number of nitrogens with zero attached hydrogens (tertiary/aromatic N) is 1. The Hall–Kier alpha value is -2.07. The number of nitriles is 1. The van der Waals surface area contributed by atoms with E-state index in [4.69, 9.17) is 0 Å². The third kappa shape index (κ3) is 3.71. The highest BCUT2D eigenvalue weighted by atomic mass is 14.3. The van der Waals surface area contributed by atoms with Gasteiger partial charge in [0.15, 0.2) is 0 Å². The first-order chi connectivity index (χ1) is 9.85. The number of hydrogen-bond acceptors (Lipinski definition) is 1. The van der Waals surface area contributed by atoms with Crippen LogP contribution in [0.15, 0.2) is 54.6 Å². The van der Waals surface area contributed by atoms with Crippen LogP contribution in [0.2, 0.25) is 0 Å². The van der Waals surface area contributed by atoms with E-state index in [-0.39, 0.29) is 5.92 Å². The zero-order valence-corrected chi connectivity index (χ0v) is 12.0. The molecule has 0 aliphatic rings. The minimum Gasteiger partial charge on any atom is -0.198 e. The van der Waals surface area contributed by atoms with Crippen molar-refractivity contribution in [1.82, 2.24) is 0 Å². The molecule has 1 unspecified atom stereocenters. The molecule has 0 aliphatic heterocycles. The molecule has 1 atom stereocenters. The van der Waals surface area contributed by atoms with Gasteiger partial charge in [0.1, 0.15) is 0 Å². The summed E-state index contributed by atoms with van der Waals surface area (Å²) in [5, 5.41) is 9.50. The van der Waals surface area contributed by atoms with Crippen LogP contribution in [-0.2, 0) is 12.8 Å². The lowest BCUT2D eigenvalue weighted by molar-refractivity contribution is 0.733. The maximum absolute atomic E-state index is 9.50. The summed E-state index contributed by atoms with van der Waals surface area (Å²) in [6.07, 6.45) is 4.02. The third-order valence-electron chi connectivity index (χ3n) is 3.67. The second-order valence-corrected chi connectivity index (χ2v) is 5.15. The SMILES string of the molecule is CCCc1ccccc1C(C#N)CCc1ccccc1. The average Bonchev–Trinajstić information content (AvgIpc) is 2.51. The lowest BCUT2D eigenvalue weighted by Crippen LogP contribution is -2.02. The van der Waals surface area contributed by atoms with E-state index in [2.05, 4.69) is 55.5 Å². The number of hydrogen-bond donors (Lipinski definition) is 0. The van der Waals surface area contributed by atoms with E-state index >= 15 is 0 Å². The van der Waals surface area contributed by atoms with Crippen LogP contribution in [0.25, 0.3) is 0 Å². The molecule has 1 heteroatoms. The van der Waals surface area contributed by atoms with Gasteiger partial charge in [-0.2, -0.15) is 5.26 Å². The molecule has 0 bridgehead atoms. The van der Waals surface area contributed by atoms with Gasteiger partial charge in [0.05, 0.1) is 12.0 Å². The fourth-order valence-electron chi connectivity index (χ4n) is 2.62. The molecule has 0 radical (unpaired) electrons. The first kappa shape index (κ1) is 14.3. The Bertz CT molecular complexity index is 566. The van der Waals surface area contributed by atoms with E-state index in [0.717, 1.165) is 25.7 Å². The molecule has 20 heavy (non-hydrogen) atoms. The van der Waals surface area contributed by atoms with E-state index in [9.17, 15) is 5.26 Å². The normalized spacial score (nSPS) is 11.8. The van der Waals surface area contributed by atoms with E-state index in [0.29, 0.717) is 0 Å². The molecule has 2 rings (SSSR count). The molecule has 0 saturated heterocycles. The zero-order valence-electron chi connectivity index (χ0n) is 12.0. The quantitative estimate of drug-likeness (QED) is 0.728. The topological polar surface area (TPSA) is 23.8 Å². The molecule has 0 spiro atoms. The van der Waals surface area contributed by atoms with Crippen LogP contribution in [0.1, 0.15) is 42.4 Å². The molecule has 0 heterocycles. The molecular weight excluding hydrogens is 242 g/mol. The van der Waals surface area contributed by atoms with Crippen molar-refractivity contribution in [2.24, 2.45) is 0 Å². The van der Waals surface area contributed by atoms with Crippen LogP contribution in [0, 0.1) is 11.3 Å². The smallest absolute Gasteiger partial charge is 0.0718 e. The molecule has 102 valence electrons. The molecule has 2 aromatic carbocycles. The highest BCUT2D eigenvalue weighted by Crippen LogP contribution is 2.25. The van der Waals surface area contributed by atoms with Gasteiger partial charge in [0, 0.05) is 0 Å². The van der Waals surface area contributed by atoms with Crippen molar-refractivity contribution in [1.29, 1.82) is 5.26 Å². The summed E-state index contributed by atoms with van der Waals surface area (Å²) in [4.78, 5) is 0. The van der Waals surface area contributed by atoms with Gasteiger partial charge in [-0.1, -0.05) is 67.9 Å². The number of rotatable bonds is 6. The molecule has 1 nitrogen and oxygen atoms in total. The summed E-state index contributed by atoms with van der Waals surface area (Å²) in [6, 6.07) is 21.3. The fraction of sp³-hybridized carbons (Fsp3) is 0.316. The van der Waals surface area contributed by atoms with Crippen molar-refractivity contribution in [2.45, 2.75) is 38.5 Å². The zero-order chi connectivity index (χ0) is 14.2. The maximum atomic E-state index is 9.50. The predicted molar refractivity (Wildman–Crippen MR) is 83.6 cm³/mol. The molecule has 0 N–H and O–H groups in total. The van der Waals surface area contributed by atoms with Gasteiger partial charge in [0.2, 0.25) is 0 Å². The van der Waals surface area contributed by atoms with Gasteiger partial charge in [-0.15, -0.1) is 0 Å². The summed E-state index contributed by atoms with van der Waals surface area (Å²) in [6.45, 7) is 2.18. The monoisotopic (exact) mass is 263 g/mol. The number of aryl methyl sites for hydroxylation is 2. The second kappa shape index (κ2) is 7.50. The Labute approximate surface area is 121 Å². The van der Waals surface area contributed by atoms with Crippen LogP contribution in [0.4, 0.5) is 0 Å². The minimum atomic E-state index is -0.00189. The lowest BCUT2D eigenvalue weighted by Gasteiger charge is -2.14. The van der Waals surface area contributed by atoms with Crippen molar-refractivity contribution < 1.29 is 0 Å². The highest BCUT2D eigenvalue weighted by Gasteiger charge is 2.14. The summed E-state index contributed by atoms with van der Waals surface area (Å²) < 4.78 is 0. The average molecular weight is 263 g/mol. The van der Waals surface area contributed by atoms with Crippen LogP contribution in [0.3, 0.4) is 0 Å². The highest BCUT2D eigenvalue weighted by molar-refractivity contribution is 5.34. The van der Waals surface area contributed by atoms with Crippen molar-refractivity contribution in [3.8, 4) is 6.07 Å². The van der Waals surface area contributed by atoms with E-state index in [1.54, 1.807) is 0 Å².